The van der Waals surface area contributed by atoms with Crippen LogP contribution in [-0.2, 0) is 14.5 Å². The van der Waals surface area contributed by atoms with Crippen LogP contribution in [0.1, 0.15) is 42.3 Å². The molecular formula is C32H28N2O7S. The molecule has 42 heavy (non-hydrogen) atoms. The van der Waals surface area contributed by atoms with Crippen LogP contribution in [0.15, 0.2) is 60.7 Å². The van der Waals surface area contributed by atoms with E-state index < -0.39 is 16.4 Å². The standard InChI is InChI=1S/C32H28N2O7S/c1-18-16-31(2,3)34-28-22(18)14-20(41-29(36)21-7-5-6-8-24(21)38-4)15-23(28)32(30(34)37)33(27(35)17-42-32)19-9-10-25-26(13-19)40-12-11-39-25/h5-10,13-16H,11-12,17H2,1-4H3. The summed E-state index contributed by atoms with van der Waals surface area (Å²) in [4.78, 5) is 43.6. The number of carbonyl (C=O) groups is 3. The average Bonchev–Trinajstić information content (AvgIpc) is 3.46. The largest absolute Gasteiger partial charge is 0.496 e. The van der Waals surface area contributed by atoms with Crippen molar-refractivity contribution < 1.29 is 33.3 Å². The maximum absolute atomic E-state index is 14.7. The number of ether oxygens (including phenoxy) is 4. The van der Waals surface area contributed by atoms with Gasteiger partial charge < -0.3 is 18.9 Å². The van der Waals surface area contributed by atoms with Gasteiger partial charge in [-0.15, -0.1) is 11.8 Å². The van der Waals surface area contributed by atoms with Crippen LogP contribution in [0.2, 0.25) is 0 Å². The van der Waals surface area contributed by atoms with E-state index in [-0.39, 0.29) is 28.9 Å². The number of amides is 2. The van der Waals surface area contributed by atoms with Crippen molar-refractivity contribution in [3.8, 4) is 23.0 Å². The Balaban J connectivity index is 1.41. The number of hydrogen-bond acceptors (Lipinski definition) is 8. The summed E-state index contributed by atoms with van der Waals surface area (Å²) in [7, 11) is 1.49. The highest BCUT2D eigenvalue weighted by molar-refractivity contribution is 8.02. The molecule has 0 aliphatic carbocycles. The summed E-state index contributed by atoms with van der Waals surface area (Å²) in [6.45, 7) is 6.76. The van der Waals surface area contributed by atoms with E-state index >= 15 is 0 Å². The molecule has 0 aromatic heterocycles. The number of para-hydroxylation sites is 1. The number of carbonyl (C=O) groups excluding carboxylic acids is 3. The summed E-state index contributed by atoms with van der Waals surface area (Å²) < 4.78 is 22.8. The lowest BCUT2D eigenvalue weighted by Crippen LogP contribution is -2.54. The van der Waals surface area contributed by atoms with Gasteiger partial charge >= 0.3 is 5.97 Å². The number of thioether (sulfide) groups is 1. The van der Waals surface area contributed by atoms with Gasteiger partial charge in [-0.05, 0) is 62.7 Å². The van der Waals surface area contributed by atoms with E-state index in [1.807, 2.05) is 26.8 Å². The molecule has 0 saturated carbocycles. The van der Waals surface area contributed by atoms with E-state index in [1.165, 1.54) is 18.9 Å². The van der Waals surface area contributed by atoms with Gasteiger partial charge in [-0.1, -0.05) is 18.2 Å². The third-order valence-electron chi connectivity index (χ3n) is 8.03. The van der Waals surface area contributed by atoms with Crippen molar-refractivity contribution >= 4 is 46.5 Å². The third kappa shape index (κ3) is 3.67. The molecule has 3 aromatic rings. The van der Waals surface area contributed by atoms with E-state index in [1.54, 1.807) is 64.4 Å². The lowest BCUT2D eigenvalue weighted by atomic mass is 9.89. The van der Waals surface area contributed by atoms with E-state index in [0.29, 0.717) is 47.4 Å². The van der Waals surface area contributed by atoms with Crippen molar-refractivity contribution in [2.24, 2.45) is 0 Å². The van der Waals surface area contributed by atoms with E-state index in [2.05, 4.69) is 0 Å². The quantitative estimate of drug-likeness (QED) is 0.307. The molecule has 4 heterocycles. The average molecular weight is 585 g/mol. The number of rotatable bonds is 4. The van der Waals surface area contributed by atoms with Gasteiger partial charge in [0, 0.05) is 22.9 Å². The summed E-state index contributed by atoms with van der Waals surface area (Å²) in [5.41, 5.74) is 3.15. The Morgan fingerprint density at radius 3 is 2.52 bits per heavy atom. The first-order valence-electron chi connectivity index (χ1n) is 13.6. The number of hydrogen-bond donors (Lipinski definition) is 0. The first kappa shape index (κ1) is 26.5. The maximum atomic E-state index is 14.7. The number of allylic oxidation sites excluding steroid dienone is 1. The second kappa shape index (κ2) is 9.29. The molecule has 1 spiro atoms. The number of nitrogens with zero attached hydrogens (tertiary/aromatic N) is 2. The fraction of sp³-hybridized carbons (Fsp3) is 0.281. The molecule has 7 rings (SSSR count). The predicted molar refractivity (Wildman–Crippen MR) is 159 cm³/mol. The van der Waals surface area contributed by atoms with Gasteiger partial charge in [-0.3, -0.25) is 19.4 Å². The molecule has 4 aliphatic heterocycles. The molecule has 1 atom stereocenters. The van der Waals surface area contributed by atoms with Crippen LogP contribution in [-0.4, -0.2) is 49.4 Å². The smallest absolute Gasteiger partial charge is 0.347 e. The van der Waals surface area contributed by atoms with E-state index in [4.69, 9.17) is 18.9 Å². The molecule has 3 aromatic carbocycles. The van der Waals surface area contributed by atoms with E-state index in [9.17, 15) is 14.4 Å². The summed E-state index contributed by atoms with van der Waals surface area (Å²) in [6.07, 6.45) is 2.03. The molecule has 10 heteroatoms. The molecule has 1 unspecified atom stereocenters. The highest BCUT2D eigenvalue weighted by Gasteiger charge is 2.64. The Bertz CT molecular complexity index is 1730. The van der Waals surface area contributed by atoms with Crippen molar-refractivity contribution in [2.75, 3.05) is 35.9 Å². The second-order valence-corrected chi connectivity index (χ2v) is 12.2. The zero-order valence-electron chi connectivity index (χ0n) is 23.6. The van der Waals surface area contributed by atoms with Crippen LogP contribution in [0, 0.1) is 0 Å². The topological polar surface area (TPSA) is 94.6 Å². The Morgan fingerprint density at radius 1 is 0.976 bits per heavy atom. The minimum atomic E-state index is -1.41. The van der Waals surface area contributed by atoms with E-state index in [0.717, 1.165) is 11.1 Å². The first-order chi connectivity index (χ1) is 20.2. The van der Waals surface area contributed by atoms with Crippen LogP contribution in [0.4, 0.5) is 11.4 Å². The van der Waals surface area contributed by atoms with Crippen LogP contribution < -0.4 is 28.7 Å². The number of fused-ring (bicyclic) bond motifs is 2. The van der Waals surface area contributed by atoms with Gasteiger partial charge in [-0.25, -0.2) is 4.79 Å². The maximum Gasteiger partial charge on any atom is 0.347 e. The fourth-order valence-corrected chi connectivity index (χ4v) is 7.68. The van der Waals surface area contributed by atoms with Gasteiger partial charge in [0.1, 0.15) is 30.3 Å². The van der Waals surface area contributed by atoms with Crippen LogP contribution in [0.25, 0.3) is 5.57 Å². The van der Waals surface area contributed by atoms with Crippen LogP contribution in [0.3, 0.4) is 0 Å². The zero-order chi connectivity index (χ0) is 29.4. The Morgan fingerprint density at radius 2 is 1.74 bits per heavy atom. The number of anilines is 2. The molecule has 1 fully saturated rings. The summed E-state index contributed by atoms with van der Waals surface area (Å²) in [6, 6.07) is 15.6. The Hall–Kier alpha value is -4.44. The number of benzene rings is 3. The monoisotopic (exact) mass is 584 g/mol. The minimum Gasteiger partial charge on any atom is -0.496 e. The zero-order valence-corrected chi connectivity index (χ0v) is 24.4. The molecular weight excluding hydrogens is 556 g/mol. The fourth-order valence-electron chi connectivity index (χ4n) is 6.36. The molecule has 4 aliphatic rings. The molecule has 0 radical (unpaired) electrons. The molecule has 1 saturated heterocycles. The number of methoxy groups -OCH3 is 1. The third-order valence-corrected chi connectivity index (χ3v) is 9.41. The second-order valence-electron chi connectivity index (χ2n) is 11.1. The summed E-state index contributed by atoms with van der Waals surface area (Å²) >= 11 is 1.27. The molecule has 2 amide bonds. The summed E-state index contributed by atoms with van der Waals surface area (Å²) in [5, 5.41) is 0. The van der Waals surface area contributed by atoms with Gasteiger partial charge in [0.25, 0.3) is 5.91 Å². The Labute approximate surface area is 247 Å². The minimum absolute atomic E-state index is 0.0981. The van der Waals surface area contributed by atoms with Gasteiger partial charge in [0.2, 0.25) is 10.8 Å². The molecule has 9 nitrogen and oxygen atoms in total. The molecule has 214 valence electrons. The highest BCUT2D eigenvalue weighted by Crippen LogP contribution is 2.61. The van der Waals surface area contributed by atoms with Crippen molar-refractivity contribution in [1.29, 1.82) is 0 Å². The molecule has 0 N–H and O–H groups in total. The molecule has 0 bridgehead atoms. The normalized spacial score (nSPS) is 21.4. The Kier molecular flexibility index (Phi) is 5.85. The predicted octanol–water partition coefficient (Wildman–Crippen LogP) is 5.16. The number of esters is 1. The first-order valence-corrected chi connectivity index (χ1v) is 14.6. The van der Waals surface area contributed by atoms with Crippen molar-refractivity contribution in [3.05, 3.63) is 77.4 Å². The van der Waals surface area contributed by atoms with Crippen molar-refractivity contribution in [2.45, 2.75) is 31.2 Å². The van der Waals surface area contributed by atoms with Gasteiger partial charge in [-0.2, -0.15) is 0 Å². The van der Waals surface area contributed by atoms with Gasteiger partial charge in [0.15, 0.2) is 11.5 Å². The summed E-state index contributed by atoms with van der Waals surface area (Å²) in [5.74, 6) is 0.829. The lowest BCUT2D eigenvalue weighted by Gasteiger charge is -2.40. The highest BCUT2D eigenvalue weighted by atomic mass is 32.2. The van der Waals surface area contributed by atoms with Crippen molar-refractivity contribution in [1.82, 2.24) is 0 Å². The SMILES string of the molecule is COc1ccccc1C(=O)Oc1cc2c3c(c1)C1(SCC(=O)N1c1ccc4c(c1)OCCO4)C(=O)N3C(C)(C)C=C2C. The van der Waals surface area contributed by atoms with Crippen LogP contribution in [0.5, 0.6) is 23.0 Å². The lowest BCUT2D eigenvalue weighted by molar-refractivity contribution is -0.124. The van der Waals surface area contributed by atoms with Crippen molar-refractivity contribution in [3.63, 3.8) is 0 Å². The van der Waals surface area contributed by atoms with Gasteiger partial charge in [0.05, 0.1) is 24.1 Å². The van der Waals surface area contributed by atoms with Crippen LogP contribution >= 0.6 is 11.8 Å².